The molecule has 1 N–H and O–H groups in total. The van der Waals surface area contributed by atoms with Crippen molar-refractivity contribution >= 4 is 52.4 Å². The molecule has 1 aliphatic rings. The van der Waals surface area contributed by atoms with Gasteiger partial charge in [-0.2, -0.15) is 5.26 Å². The fourth-order valence-electron chi connectivity index (χ4n) is 4.12. The Hall–Kier alpha value is -1.51. The van der Waals surface area contributed by atoms with Crippen LogP contribution < -0.4 is 5.01 Å². The summed E-state index contributed by atoms with van der Waals surface area (Å²) < 4.78 is 4.11. The topological polar surface area (TPSA) is 82.9 Å². The van der Waals surface area contributed by atoms with Gasteiger partial charge in [-0.1, -0.05) is 0 Å². The third-order valence-electron chi connectivity index (χ3n) is 5.81. The van der Waals surface area contributed by atoms with Gasteiger partial charge in [-0.05, 0) is 45.6 Å². The number of hydrogen-bond donors (Lipinski definition) is 1. The lowest BCUT2D eigenvalue weighted by molar-refractivity contribution is 0.178. The Labute approximate surface area is 180 Å². The fraction of sp³-hybridized carbons (Fsp3) is 0.526. The lowest BCUT2D eigenvalue weighted by Gasteiger charge is -2.39. The predicted octanol–water partition coefficient (Wildman–Crippen LogP) is 4.18. The van der Waals surface area contributed by atoms with Crippen molar-refractivity contribution in [3.8, 4) is 6.07 Å². The summed E-state index contributed by atoms with van der Waals surface area (Å²) in [5.74, 6) is 1.01. The molecule has 0 aromatic carbocycles. The number of fused-ring (bicyclic) bond motifs is 3. The second-order valence-electron chi connectivity index (χ2n) is 7.96. The molecule has 4 rings (SSSR count). The molecular weight excluding hydrogens is 487 g/mol. The molecule has 1 saturated heterocycles. The molecule has 3 aromatic rings. The Morgan fingerprint density at radius 3 is 2.71 bits per heavy atom. The van der Waals surface area contributed by atoms with Crippen LogP contribution in [-0.2, 0) is 0 Å². The average molecular weight is 510 g/mol. The number of halogens is 1. The Morgan fingerprint density at radius 2 is 2.11 bits per heavy atom. The van der Waals surface area contributed by atoms with Gasteiger partial charge in [-0.15, -0.1) is 0 Å². The zero-order valence-corrected chi connectivity index (χ0v) is 19.1. The zero-order chi connectivity index (χ0) is 20.1. The van der Waals surface area contributed by atoms with Gasteiger partial charge in [0, 0.05) is 55.0 Å². The predicted molar refractivity (Wildman–Crippen MR) is 121 cm³/mol. The minimum absolute atomic E-state index is 0.317. The number of hydrogen-bond acceptors (Lipinski definition) is 6. The molecule has 0 unspecified atom stereocenters. The molecule has 0 radical (unpaired) electrons. The van der Waals surface area contributed by atoms with Gasteiger partial charge in [-0.3, -0.25) is 3.97 Å². The number of piperidine rings is 1. The van der Waals surface area contributed by atoms with E-state index in [2.05, 4.69) is 48.0 Å². The monoisotopic (exact) mass is 510 g/mol. The number of aliphatic hydroxyl groups excluding tert-OH is 1. The van der Waals surface area contributed by atoms with Crippen LogP contribution >= 0.6 is 30.3 Å². The molecule has 3 aromatic heterocycles. The van der Waals surface area contributed by atoms with Crippen molar-refractivity contribution in [1.82, 2.24) is 18.6 Å². The van der Waals surface area contributed by atoms with Crippen molar-refractivity contribution in [2.75, 3.05) is 18.1 Å². The van der Waals surface area contributed by atoms with Crippen LogP contribution in [0.2, 0.25) is 0 Å². The molecule has 4 heterocycles. The Kier molecular flexibility index (Phi) is 5.22. The molecule has 0 aliphatic carbocycles. The van der Waals surface area contributed by atoms with Crippen LogP contribution in [0.3, 0.4) is 0 Å². The molecular formula is C19H23IN6OS. The molecule has 0 bridgehead atoms. The SMILES string of the molecule is C[C@@H](O)c1nc2cnc3c(ccn3SI)c2n1N1CCC(C(C)(C)C#N)CC1. The van der Waals surface area contributed by atoms with Crippen LogP contribution in [0, 0.1) is 22.7 Å². The van der Waals surface area contributed by atoms with Crippen molar-refractivity contribution in [3.05, 3.63) is 24.3 Å². The van der Waals surface area contributed by atoms with Crippen LogP contribution in [-0.4, -0.2) is 36.8 Å². The van der Waals surface area contributed by atoms with Gasteiger partial charge >= 0.3 is 0 Å². The number of rotatable bonds is 4. The average Bonchev–Trinajstić information content (AvgIpc) is 3.29. The van der Waals surface area contributed by atoms with Gasteiger partial charge in [0.1, 0.15) is 17.1 Å². The normalized spacial score (nSPS) is 17.4. The van der Waals surface area contributed by atoms with Gasteiger partial charge in [0.2, 0.25) is 0 Å². The van der Waals surface area contributed by atoms with E-state index in [0.29, 0.717) is 11.7 Å². The molecule has 0 saturated carbocycles. The Bertz CT molecular complexity index is 1060. The summed E-state index contributed by atoms with van der Waals surface area (Å²) >= 11 is 2.24. The van der Waals surface area contributed by atoms with E-state index < -0.39 is 6.10 Å². The Balaban J connectivity index is 1.81. The van der Waals surface area contributed by atoms with E-state index in [0.717, 1.165) is 48.0 Å². The highest BCUT2D eigenvalue weighted by molar-refractivity contribution is 14.2. The van der Waals surface area contributed by atoms with Gasteiger partial charge in [-0.25, -0.2) is 14.6 Å². The first kappa shape index (κ1) is 19.8. The van der Waals surface area contributed by atoms with E-state index in [9.17, 15) is 10.4 Å². The van der Waals surface area contributed by atoms with E-state index in [1.807, 2.05) is 24.0 Å². The lowest BCUT2D eigenvalue weighted by atomic mass is 9.75. The summed E-state index contributed by atoms with van der Waals surface area (Å²) in [5, 5.41) is 23.2. The summed E-state index contributed by atoms with van der Waals surface area (Å²) in [4.78, 5) is 9.27. The van der Waals surface area contributed by atoms with Crippen molar-refractivity contribution in [3.63, 3.8) is 0 Å². The smallest absolute Gasteiger partial charge is 0.157 e. The van der Waals surface area contributed by atoms with Crippen LogP contribution in [0.25, 0.3) is 22.1 Å². The first-order valence-corrected chi connectivity index (χ1v) is 12.7. The molecule has 28 heavy (non-hydrogen) atoms. The van der Waals surface area contributed by atoms with Crippen LogP contribution in [0.1, 0.15) is 45.5 Å². The largest absolute Gasteiger partial charge is 0.385 e. The highest BCUT2D eigenvalue weighted by Crippen LogP contribution is 2.36. The third kappa shape index (κ3) is 3.15. The fourth-order valence-corrected chi connectivity index (χ4v) is 5.39. The van der Waals surface area contributed by atoms with E-state index in [1.54, 1.807) is 22.2 Å². The maximum absolute atomic E-state index is 10.4. The van der Waals surface area contributed by atoms with Gasteiger partial charge in [0.25, 0.3) is 0 Å². The van der Waals surface area contributed by atoms with Crippen molar-refractivity contribution in [2.24, 2.45) is 11.3 Å². The standard InChI is InChI=1S/C19H23IN6OS/c1-12(27)17-23-15-10-22-18-14(6-9-25(18)28-20)16(15)26(17)24-7-4-13(5-8-24)19(2,3)11-21/h6,9-10,12-13,27H,4-5,7-8H2,1-3H3/t12-/m1/s1. The quantitative estimate of drug-likeness (QED) is 0.531. The second kappa shape index (κ2) is 7.39. The van der Waals surface area contributed by atoms with Crippen LogP contribution in [0.5, 0.6) is 0 Å². The number of aliphatic hydroxyl groups is 1. The molecule has 7 nitrogen and oxygen atoms in total. The first-order valence-electron chi connectivity index (χ1n) is 9.39. The second-order valence-corrected chi connectivity index (χ2v) is 9.67. The maximum atomic E-state index is 10.4. The van der Waals surface area contributed by atoms with E-state index in [-0.39, 0.29) is 5.41 Å². The minimum Gasteiger partial charge on any atom is -0.385 e. The van der Waals surface area contributed by atoms with E-state index in [4.69, 9.17) is 4.98 Å². The third-order valence-corrected chi connectivity index (χ3v) is 7.52. The van der Waals surface area contributed by atoms with Gasteiger partial charge in [0.05, 0.1) is 17.7 Å². The van der Waals surface area contributed by atoms with E-state index >= 15 is 0 Å². The highest BCUT2D eigenvalue weighted by atomic mass is 127. The van der Waals surface area contributed by atoms with Crippen LogP contribution in [0.15, 0.2) is 18.5 Å². The molecule has 0 spiro atoms. The number of nitrogens with zero attached hydrogens (tertiary/aromatic N) is 6. The number of nitriles is 1. The summed E-state index contributed by atoms with van der Waals surface area (Å²) in [6.07, 6.45) is 5.00. The van der Waals surface area contributed by atoms with Crippen molar-refractivity contribution < 1.29 is 5.11 Å². The van der Waals surface area contributed by atoms with Crippen molar-refractivity contribution in [1.29, 1.82) is 5.26 Å². The first-order chi connectivity index (χ1) is 13.4. The summed E-state index contributed by atoms with van der Waals surface area (Å²) in [7, 11) is 1.57. The molecule has 1 fully saturated rings. The minimum atomic E-state index is -0.684. The summed E-state index contributed by atoms with van der Waals surface area (Å²) in [6.45, 7) is 7.46. The maximum Gasteiger partial charge on any atom is 0.157 e. The van der Waals surface area contributed by atoms with E-state index in [1.165, 1.54) is 0 Å². The molecule has 1 aliphatic heterocycles. The summed E-state index contributed by atoms with van der Waals surface area (Å²) in [5.41, 5.74) is 2.36. The summed E-state index contributed by atoms with van der Waals surface area (Å²) in [6, 6.07) is 4.52. The highest BCUT2D eigenvalue weighted by Gasteiger charge is 2.34. The van der Waals surface area contributed by atoms with Gasteiger partial charge in [0.15, 0.2) is 11.5 Å². The number of aromatic nitrogens is 4. The molecule has 148 valence electrons. The molecule has 1 atom stereocenters. The zero-order valence-electron chi connectivity index (χ0n) is 16.1. The lowest BCUT2D eigenvalue weighted by Crippen LogP contribution is -2.45. The van der Waals surface area contributed by atoms with Crippen LogP contribution in [0.4, 0.5) is 0 Å². The molecule has 9 heteroatoms. The number of pyridine rings is 1. The molecule has 0 amide bonds. The van der Waals surface area contributed by atoms with Gasteiger partial charge < -0.3 is 10.1 Å². The Morgan fingerprint density at radius 1 is 1.39 bits per heavy atom. The number of imidazole rings is 1. The van der Waals surface area contributed by atoms with Crippen molar-refractivity contribution in [2.45, 2.75) is 39.7 Å².